The average Bonchev–Trinajstić information content (AvgIpc) is 2.63. The number of benzene rings is 2. The van der Waals surface area contributed by atoms with E-state index in [-0.39, 0.29) is 23.3 Å². The number of piperazine rings is 1. The molecule has 1 fully saturated rings. The number of nitrogens with one attached hydrogen (secondary N) is 1. The second kappa shape index (κ2) is 8.67. The Bertz CT molecular complexity index is 784. The third kappa shape index (κ3) is 4.52. The zero-order valence-corrected chi connectivity index (χ0v) is 15.7. The van der Waals surface area contributed by atoms with Crippen LogP contribution in [0.3, 0.4) is 0 Å². The molecule has 0 bridgehead atoms. The van der Waals surface area contributed by atoms with E-state index in [4.69, 9.17) is 4.74 Å². The largest absolute Gasteiger partial charge is 0.495 e. The zero-order valence-electron chi connectivity index (χ0n) is 14.1. The third-order valence-corrected chi connectivity index (χ3v) is 6.13. The minimum Gasteiger partial charge on any atom is -0.495 e. The van der Waals surface area contributed by atoms with Gasteiger partial charge >= 0.3 is 0 Å². The van der Waals surface area contributed by atoms with Crippen molar-refractivity contribution in [1.82, 2.24) is 9.62 Å². The minimum atomic E-state index is -3.56. The van der Waals surface area contributed by atoms with Crippen molar-refractivity contribution in [2.24, 2.45) is 0 Å². The molecule has 2 aromatic rings. The molecular weight excluding hydrogens is 360 g/mol. The molecule has 3 rings (SSSR count). The fraction of sp³-hybridized carbons (Fsp3) is 0.333. The highest BCUT2D eigenvalue weighted by Crippen LogP contribution is 2.27. The predicted octanol–water partition coefficient (Wildman–Crippen LogP) is 2.32. The summed E-state index contributed by atoms with van der Waals surface area (Å²) in [5.74, 6) is 0.385. The van der Waals surface area contributed by atoms with Crippen LogP contribution in [0.4, 0.5) is 0 Å². The van der Waals surface area contributed by atoms with Gasteiger partial charge in [-0.3, -0.25) is 0 Å². The zero-order chi connectivity index (χ0) is 17.0. The topological polar surface area (TPSA) is 58.6 Å². The maximum absolute atomic E-state index is 13.0. The molecule has 1 aliphatic rings. The smallest absolute Gasteiger partial charge is 0.246 e. The lowest BCUT2D eigenvalue weighted by Crippen LogP contribution is -2.53. The van der Waals surface area contributed by atoms with Crippen LogP contribution >= 0.6 is 12.4 Å². The first-order valence-electron chi connectivity index (χ1n) is 8.02. The van der Waals surface area contributed by atoms with Crippen molar-refractivity contribution in [2.45, 2.75) is 17.4 Å². The van der Waals surface area contributed by atoms with E-state index in [1.165, 1.54) is 12.7 Å². The van der Waals surface area contributed by atoms with E-state index < -0.39 is 10.0 Å². The minimum absolute atomic E-state index is 0. The number of halogens is 1. The predicted molar refractivity (Wildman–Crippen MR) is 101 cm³/mol. The molecule has 1 N–H and O–H groups in total. The van der Waals surface area contributed by atoms with Crippen molar-refractivity contribution in [3.05, 3.63) is 60.2 Å². The Hall–Kier alpha value is -1.60. The Labute approximate surface area is 155 Å². The Morgan fingerprint density at radius 2 is 1.80 bits per heavy atom. The number of methoxy groups -OCH3 is 1. The normalized spacial score (nSPS) is 18.4. The number of hydrogen-bond donors (Lipinski definition) is 1. The van der Waals surface area contributed by atoms with Crippen molar-refractivity contribution in [2.75, 3.05) is 26.7 Å². The summed E-state index contributed by atoms with van der Waals surface area (Å²) in [6.07, 6.45) is 0.804. The van der Waals surface area contributed by atoms with Gasteiger partial charge in [-0.05, 0) is 24.1 Å². The van der Waals surface area contributed by atoms with Gasteiger partial charge in [-0.15, -0.1) is 12.4 Å². The fourth-order valence-corrected chi connectivity index (χ4v) is 4.66. The van der Waals surface area contributed by atoms with Gasteiger partial charge in [0.2, 0.25) is 10.0 Å². The van der Waals surface area contributed by atoms with Crippen molar-refractivity contribution in [3.63, 3.8) is 0 Å². The van der Waals surface area contributed by atoms with Gasteiger partial charge < -0.3 is 10.1 Å². The second-order valence-corrected chi connectivity index (χ2v) is 7.76. The van der Waals surface area contributed by atoms with Crippen LogP contribution in [0.25, 0.3) is 0 Å². The van der Waals surface area contributed by atoms with Crippen molar-refractivity contribution < 1.29 is 13.2 Å². The lowest BCUT2D eigenvalue weighted by atomic mass is 10.1. The lowest BCUT2D eigenvalue weighted by Gasteiger charge is -2.33. The molecule has 1 atom stereocenters. The van der Waals surface area contributed by atoms with E-state index in [1.54, 1.807) is 28.6 Å². The van der Waals surface area contributed by atoms with Gasteiger partial charge in [-0.25, -0.2) is 8.42 Å². The number of para-hydroxylation sites is 1. The molecule has 0 radical (unpaired) electrons. The maximum atomic E-state index is 13.0. The quantitative estimate of drug-likeness (QED) is 0.862. The molecule has 5 nitrogen and oxygen atoms in total. The van der Waals surface area contributed by atoms with E-state index >= 15 is 0 Å². The van der Waals surface area contributed by atoms with Crippen molar-refractivity contribution in [3.8, 4) is 5.75 Å². The van der Waals surface area contributed by atoms with Crippen LogP contribution < -0.4 is 10.1 Å². The maximum Gasteiger partial charge on any atom is 0.246 e. The number of hydrogen-bond acceptors (Lipinski definition) is 4. The van der Waals surface area contributed by atoms with Crippen molar-refractivity contribution >= 4 is 22.4 Å². The van der Waals surface area contributed by atoms with Gasteiger partial charge in [-0.2, -0.15) is 4.31 Å². The summed E-state index contributed by atoms with van der Waals surface area (Å²) in [6, 6.07) is 17.0. The van der Waals surface area contributed by atoms with Gasteiger partial charge in [0.1, 0.15) is 10.6 Å². The SMILES string of the molecule is COc1ccccc1S(=O)(=O)N1CCN[C@@H](Cc2ccccc2)C1.Cl. The molecular formula is C18H23ClN2O3S. The highest BCUT2D eigenvalue weighted by Gasteiger charge is 2.31. The summed E-state index contributed by atoms with van der Waals surface area (Å²) < 4.78 is 32.7. The van der Waals surface area contributed by atoms with Crippen LogP contribution in [0.5, 0.6) is 5.75 Å². The van der Waals surface area contributed by atoms with Crippen LogP contribution in [-0.2, 0) is 16.4 Å². The Morgan fingerprint density at radius 1 is 1.12 bits per heavy atom. The van der Waals surface area contributed by atoms with Crippen molar-refractivity contribution in [1.29, 1.82) is 0 Å². The molecule has 1 saturated heterocycles. The lowest BCUT2D eigenvalue weighted by molar-refractivity contribution is 0.295. The summed E-state index contributed by atoms with van der Waals surface area (Å²) in [6.45, 7) is 1.56. The summed E-state index contributed by atoms with van der Waals surface area (Å²) in [4.78, 5) is 0.230. The summed E-state index contributed by atoms with van der Waals surface area (Å²) in [5, 5.41) is 3.41. The van der Waals surface area contributed by atoms with Crippen LogP contribution in [0.15, 0.2) is 59.5 Å². The average molecular weight is 383 g/mol. The van der Waals surface area contributed by atoms with Crippen LogP contribution in [0.2, 0.25) is 0 Å². The monoisotopic (exact) mass is 382 g/mol. The summed E-state index contributed by atoms with van der Waals surface area (Å²) in [7, 11) is -2.07. The number of nitrogens with zero attached hydrogens (tertiary/aromatic N) is 1. The first-order chi connectivity index (χ1) is 11.6. The van der Waals surface area contributed by atoms with Crippen LogP contribution in [0.1, 0.15) is 5.56 Å². The number of sulfonamides is 1. The Balaban J connectivity index is 0.00000225. The van der Waals surface area contributed by atoms with Gasteiger partial charge in [0.15, 0.2) is 0 Å². The van der Waals surface area contributed by atoms with Gasteiger partial charge in [0.05, 0.1) is 7.11 Å². The van der Waals surface area contributed by atoms with Gasteiger partial charge in [0, 0.05) is 25.7 Å². The van der Waals surface area contributed by atoms with E-state index in [9.17, 15) is 8.42 Å². The van der Waals surface area contributed by atoms with E-state index in [0.29, 0.717) is 25.4 Å². The summed E-state index contributed by atoms with van der Waals surface area (Å²) >= 11 is 0. The molecule has 0 spiro atoms. The summed E-state index contributed by atoms with van der Waals surface area (Å²) in [5.41, 5.74) is 1.20. The molecule has 0 saturated carbocycles. The second-order valence-electron chi connectivity index (χ2n) is 5.85. The number of ether oxygens (including phenoxy) is 1. The molecule has 1 heterocycles. The molecule has 2 aromatic carbocycles. The molecule has 136 valence electrons. The van der Waals surface area contributed by atoms with Crippen LogP contribution in [0, 0.1) is 0 Å². The molecule has 0 aromatic heterocycles. The molecule has 0 unspecified atom stereocenters. The molecule has 0 aliphatic carbocycles. The molecule has 25 heavy (non-hydrogen) atoms. The first kappa shape index (κ1) is 19.7. The molecule has 0 amide bonds. The fourth-order valence-electron chi connectivity index (χ4n) is 3.02. The van der Waals surface area contributed by atoms with Gasteiger partial charge in [0.25, 0.3) is 0 Å². The first-order valence-corrected chi connectivity index (χ1v) is 9.46. The number of rotatable bonds is 5. The third-order valence-electron chi connectivity index (χ3n) is 4.23. The van der Waals surface area contributed by atoms with E-state index in [0.717, 1.165) is 6.42 Å². The van der Waals surface area contributed by atoms with E-state index in [1.807, 2.05) is 18.2 Å². The molecule has 7 heteroatoms. The van der Waals surface area contributed by atoms with Crippen LogP contribution in [-0.4, -0.2) is 45.5 Å². The molecule has 1 aliphatic heterocycles. The highest BCUT2D eigenvalue weighted by molar-refractivity contribution is 7.89. The Kier molecular flexibility index (Phi) is 6.84. The highest BCUT2D eigenvalue weighted by atomic mass is 35.5. The van der Waals surface area contributed by atoms with Gasteiger partial charge in [-0.1, -0.05) is 42.5 Å². The standard InChI is InChI=1S/C18H22N2O3S.ClH/c1-23-17-9-5-6-10-18(17)24(21,22)20-12-11-19-16(14-20)13-15-7-3-2-4-8-15;/h2-10,16,19H,11-14H2,1H3;1H/t16-;/m0./s1. The Morgan fingerprint density at radius 3 is 2.52 bits per heavy atom. The van der Waals surface area contributed by atoms with E-state index in [2.05, 4.69) is 17.4 Å².